The van der Waals surface area contributed by atoms with Crippen LogP contribution in [0.2, 0.25) is 5.02 Å². The molecule has 1 aromatic carbocycles. The van der Waals surface area contributed by atoms with Crippen LogP contribution in [-0.2, 0) is 9.53 Å². The molecule has 0 amide bonds. The van der Waals surface area contributed by atoms with E-state index in [9.17, 15) is 10.1 Å². The van der Waals surface area contributed by atoms with E-state index in [1.54, 1.807) is 31.2 Å². The first-order chi connectivity index (χ1) is 8.58. The lowest BCUT2D eigenvalue weighted by Crippen LogP contribution is -2.38. The molecule has 0 N–H and O–H groups in total. The lowest BCUT2D eigenvalue weighted by Gasteiger charge is -2.24. The van der Waals surface area contributed by atoms with E-state index in [2.05, 4.69) is 0 Å². The third-order valence-electron chi connectivity index (χ3n) is 3.35. The Bertz CT molecular complexity index is 501. The summed E-state index contributed by atoms with van der Waals surface area (Å²) >= 11 is 6.05. The van der Waals surface area contributed by atoms with Crippen LogP contribution >= 0.6 is 11.6 Å². The third kappa shape index (κ3) is 2.27. The summed E-state index contributed by atoms with van der Waals surface area (Å²) < 4.78 is 5.50. The average Bonchev–Trinajstić information content (AvgIpc) is 2.81. The molecule has 1 heterocycles. The number of nitriles is 1. The highest BCUT2D eigenvalue weighted by atomic mass is 35.5. The van der Waals surface area contributed by atoms with E-state index in [1.165, 1.54) is 0 Å². The largest absolute Gasteiger partial charge is 0.367 e. The number of ketones is 1. The quantitative estimate of drug-likeness (QED) is 0.842. The number of rotatable bonds is 3. The number of Topliss-reactive ketones (excluding diaryl/α,β-unsaturated/α-hetero) is 1. The van der Waals surface area contributed by atoms with Crippen molar-refractivity contribution in [1.29, 1.82) is 5.26 Å². The zero-order valence-electron chi connectivity index (χ0n) is 10.1. The van der Waals surface area contributed by atoms with E-state index < -0.39 is 11.5 Å². The zero-order chi connectivity index (χ0) is 13.2. The molecule has 1 aliphatic heterocycles. The van der Waals surface area contributed by atoms with E-state index in [0.29, 0.717) is 23.6 Å². The molecular weight excluding hydrogens is 250 g/mol. The number of nitrogens with zero attached hydrogens (tertiary/aromatic N) is 1. The van der Waals surface area contributed by atoms with Crippen LogP contribution < -0.4 is 0 Å². The number of hydrogen-bond acceptors (Lipinski definition) is 3. The second-order valence-corrected chi connectivity index (χ2v) is 5.04. The fourth-order valence-corrected chi connectivity index (χ4v) is 2.50. The number of benzene rings is 1. The Kier molecular flexibility index (Phi) is 3.70. The molecular formula is C14H14ClNO2. The first-order valence-electron chi connectivity index (χ1n) is 5.91. The van der Waals surface area contributed by atoms with Crippen LogP contribution in [0.15, 0.2) is 24.3 Å². The van der Waals surface area contributed by atoms with Crippen molar-refractivity contribution in [2.75, 3.05) is 6.61 Å². The van der Waals surface area contributed by atoms with Crippen LogP contribution in [0.3, 0.4) is 0 Å². The van der Waals surface area contributed by atoms with Crippen LogP contribution in [0, 0.1) is 11.3 Å². The Labute approximate surface area is 111 Å². The summed E-state index contributed by atoms with van der Waals surface area (Å²) in [5.41, 5.74) is -0.289. The Morgan fingerprint density at radius 3 is 2.83 bits per heavy atom. The maximum atomic E-state index is 12.4. The third-order valence-corrected chi connectivity index (χ3v) is 3.69. The second kappa shape index (κ2) is 5.09. The summed E-state index contributed by atoms with van der Waals surface area (Å²) in [5.74, 6) is -1.06. The van der Waals surface area contributed by atoms with Gasteiger partial charge in [0.2, 0.25) is 0 Å². The second-order valence-electron chi connectivity index (χ2n) is 4.63. The lowest BCUT2D eigenvalue weighted by atomic mass is 9.85. The molecule has 0 spiro atoms. The molecule has 2 atom stereocenters. The van der Waals surface area contributed by atoms with Crippen molar-refractivity contribution in [3.8, 4) is 6.07 Å². The molecule has 0 bridgehead atoms. The van der Waals surface area contributed by atoms with Crippen molar-refractivity contribution >= 4 is 17.4 Å². The van der Waals surface area contributed by atoms with Crippen LogP contribution in [-0.4, -0.2) is 18.0 Å². The molecule has 1 aliphatic rings. The van der Waals surface area contributed by atoms with Gasteiger partial charge in [0.15, 0.2) is 5.78 Å². The lowest BCUT2D eigenvalue weighted by molar-refractivity contribution is -0.137. The van der Waals surface area contributed by atoms with Gasteiger partial charge in [0.25, 0.3) is 0 Å². The minimum absolute atomic E-state index is 0.199. The molecule has 2 rings (SSSR count). The molecule has 1 saturated heterocycles. The molecule has 0 aromatic heterocycles. The first kappa shape index (κ1) is 13.1. The Morgan fingerprint density at radius 1 is 1.56 bits per heavy atom. The van der Waals surface area contributed by atoms with Crippen molar-refractivity contribution in [3.05, 3.63) is 34.9 Å². The smallest absolute Gasteiger partial charge is 0.185 e. The van der Waals surface area contributed by atoms with E-state index in [-0.39, 0.29) is 5.78 Å². The highest BCUT2D eigenvalue weighted by molar-refractivity contribution is 6.31. The molecule has 3 nitrogen and oxygen atoms in total. The van der Waals surface area contributed by atoms with E-state index in [0.717, 1.165) is 6.42 Å². The fraction of sp³-hybridized carbons (Fsp3) is 0.429. The molecule has 94 valence electrons. The summed E-state index contributed by atoms with van der Waals surface area (Å²) in [5, 5.41) is 9.71. The highest BCUT2D eigenvalue weighted by Gasteiger charge is 2.42. The van der Waals surface area contributed by atoms with Gasteiger partial charge in [0, 0.05) is 11.6 Å². The maximum Gasteiger partial charge on any atom is 0.185 e. The summed E-state index contributed by atoms with van der Waals surface area (Å²) in [6.45, 7) is 2.33. The monoisotopic (exact) mass is 263 g/mol. The summed E-state index contributed by atoms with van der Waals surface area (Å²) in [6, 6.07) is 9.00. The fourth-order valence-electron chi connectivity index (χ4n) is 2.26. The molecule has 0 aliphatic carbocycles. The standard InChI is InChI=1S/C14H14ClNO2/c1-14(7-4-8-18-14)13(17)11(9-16)10-5-2-3-6-12(10)15/h2-3,5-6,11H,4,7-8H2,1H3. The van der Waals surface area contributed by atoms with Gasteiger partial charge in [-0.05, 0) is 31.4 Å². The molecule has 0 radical (unpaired) electrons. The predicted molar refractivity (Wildman–Crippen MR) is 68.4 cm³/mol. The predicted octanol–water partition coefficient (Wildman–Crippen LogP) is 3.09. The summed E-state index contributed by atoms with van der Waals surface area (Å²) in [6.07, 6.45) is 1.51. The SMILES string of the molecule is CC1(C(=O)C(C#N)c2ccccc2Cl)CCCO1. The first-order valence-corrected chi connectivity index (χ1v) is 6.28. The molecule has 1 fully saturated rings. The van der Waals surface area contributed by atoms with Crippen molar-refractivity contribution in [2.45, 2.75) is 31.3 Å². The van der Waals surface area contributed by atoms with E-state index >= 15 is 0 Å². The number of halogens is 1. The van der Waals surface area contributed by atoms with Gasteiger partial charge in [-0.3, -0.25) is 4.79 Å². The van der Waals surface area contributed by atoms with Crippen LogP contribution in [0.25, 0.3) is 0 Å². The van der Waals surface area contributed by atoms with E-state index in [4.69, 9.17) is 16.3 Å². The van der Waals surface area contributed by atoms with Crippen molar-refractivity contribution in [2.24, 2.45) is 0 Å². The number of ether oxygens (including phenoxy) is 1. The summed E-state index contributed by atoms with van der Waals surface area (Å²) in [7, 11) is 0. The van der Waals surface area contributed by atoms with Gasteiger partial charge in [-0.2, -0.15) is 5.26 Å². The van der Waals surface area contributed by atoms with Gasteiger partial charge >= 0.3 is 0 Å². The average molecular weight is 264 g/mol. The zero-order valence-corrected chi connectivity index (χ0v) is 10.9. The Morgan fingerprint density at radius 2 is 2.28 bits per heavy atom. The minimum Gasteiger partial charge on any atom is -0.367 e. The van der Waals surface area contributed by atoms with Crippen LogP contribution in [0.1, 0.15) is 31.2 Å². The highest BCUT2D eigenvalue weighted by Crippen LogP contribution is 2.34. The topological polar surface area (TPSA) is 50.1 Å². The van der Waals surface area contributed by atoms with Crippen LogP contribution in [0.4, 0.5) is 0 Å². The number of carbonyl (C=O) groups excluding carboxylic acids is 1. The molecule has 4 heteroatoms. The normalized spacial score (nSPS) is 24.5. The molecule has 1 aromatic rings. The van der Waals surface area contributed by atoms with Gasteiger partial charge in [0.05, 0.1) is 6.07 Å². The van der Waals surface area contributed by atoms with Crippen molar-refractivity contribution in [1.82, 2.24) is 0 Å². The van der Waals surface area contributed by atoms with Crippen molar-refractivity contribution in [3.63, 3.8) is 0 Å². The Balaban J connectivity index is 2.33. The number of carbonyl (C=O) groups is 1. The van der Waals surface area contributed by atoms with Crippen LogP contribution in [0.5, 0.6) is 0 Å². The molecule has 18 heavy (non-hydrogen) atoms. The van der Waals surface area contributed by atoms with E-state index in [1.807, 2.05) is 6.07 Å². The minimum atomic E-state index is -0.859. The maximum absolute atomic E-state index is 12.4. The van der Waals surface area contributed by atoms with Crippen molar-refractivity contribution < 1.29 is 9.53 Å². The Hall–Kier alpha value is -1.37. The van der Waals surface area contributed by atoms with Gasteiger partial charge in [-0.25, -0.2) is 0 Å². The molecule has 2 unspecified atom stereocenters. The van der Waals surface area contributed by atoms with Gasteiger partial charge in [-0.15, -0.1) is 0 Å². The summed E-state index contributed by atoms with van der Waals surface area (Å²) in [4.78, 5) is 12.4. The van der Waals surface area contributed by atoms with Gasteiger partial charge < -0.3 is 4.74 Å². The van der Waals surface area contributed by atoms with Gasteiger partial charge in [-0.1, -0.05) is 29.8 Å². The number of hydrogen-bond donors (Lipinski definition) is 0. The van der Waals surface area contributed by atoms with Gasteiger partial charge in [0.1, 0.15) is 11.5 Å². The molecule has 0 saturated carbocycles.